The standard InChI is InChI=1S/C9H13NO3S/c1-9-4-2-5-10(8-9)6-3-7-14(11,12)13/h2,4-5,8H,3,6-7H2,1H3/p+1. The molecule has 0 amide bonds. The lowest BCUT2D eigenvalue weighted by Gasteiger charge is -1.96. The van der Waals surface area contributed by atoms with E-state index in [0.717, 1.165) is 5.56 Å². The number of rotatable bonds is 4. The van der Waals surface area contributed by atoms with Crippen molar-refractivity contribution in [3.05, 3.63) is 30.1 Å². The highest BCUT2D eigenvalue weighted by atomic mass is 32.2. The minimum Gasteiger partial charge on any atom is -0.286 e. The molecule has 4 nitrogen and oxygen atoms in total. The summed E-state index contributed by atoms with van der Waals surface area (Å²) in [5, 5.41) is 0. The van der Waals surface area contributed by atoms with E-state index in [1.54, 1.807) is 0 Å². The minimum atomic E-state index is -3.82. The molecule has 78 valence electrons. The second kappa shape index (κ2) is 4.52. The number of hydrogen-bond donors (Lipinski definition) is 1. The zero-order chi connectivity index (χ0) is 10.6. The van der Waals surface area contributed by atoms with Gasteiger partial charge in [-0.3, -0.25) is 4.55 Å². The van der Waals surface area contributed by atoms with E-state index < -0.39 is 10.1 Å². The highest BCUT2D eigenvalue weighted by Crippen LogP contribution is 1.92. The molecule has 1 N–H and O–H groups in total. The maximum atomic E-state index is 10.4. The van der Waals surface area contributed by atoms with Crippen LogP contribution in [0.15, 0.2) is 24.5 Å². The van der Waals surface area contributed by atoms with Gasteiger partial charge in [-0.25, -0.2) is 4.57 Å². The normalized spacial score (nSPS) is 11.6. The van der Waals surface area contributed by atoms with Crippen molar-refractivity contribution in [2.45, 2.75) is 19.9 Å². The molecule has 0 fully saturated rings. The van der Waals surface area contributed by atoms with Crippen molar-refractivity contribution in [1.82, 2.24) is 0 Å². The van der Waals surface area contributed by atoms with Crippen molar-refractivity contribution in [3.8, 4) is 0 Å². The van der Waals surface area contributed by atoms with Crippen molar-refractivity contribution < 1.29 is 17.5 Å². The Labute approximate surface area is 83.9 Å². The molecule has 0 radical (unpaired) electrons. The monoisotopic (exact) mass is 216 g/mol. The van der Waals surface area contributed by atoms with Crippen molar-refractivity contribution in [1.29, 1.82) is 0 Å². The first-order chi connectivity index (χ1) is 6.47. The van der Waals surface area contributed by atoms with Crippen LogP contribution in [0.1, 0.15) is 12.0 Å². The van der Waals surface area contributed by atoms with Crippen LogP contribution in [0.2, 0.25) is 0 Å². The number of aryl methyl sites for hydroxylation is 2. The molecule has 0 aromatic carbocycles. The molecule has 0 atom stereocenters. The van der Waals surface area contributed by atoms with E-state index in [9.17, 15) is 8.42 Å². The molecule has 1 rings (SSSR count). The molecule has 0 spiro atoms. The summed E-state index contributed by atoms with van der Waals surface area (Å²) in [5.41, 5.74) is 1.12. The largest absolute Gasteiger partial charge is 0.286 e. The Morgan fingerprint density at radius 3 is 2.79 bits per heavy atom. The van der Waals surface area contributed by atoms with Crippen molar-refractivity contribution in [2.24, 2.45) is 0 Å². The molecule has 1 aromatic rings. The van der Waals surface area contributed by atoms with Gasteiger partial charge in [0.2, 0.25) is 0 Å². The summed E-state index contributed by atoms with van der Waals surface area (Å²) >= 11 is 0. The summed E-state index contributed by atoms with van der Waals surface area (Å²) in [6.45, 7) is 2.57. The van der Waals surface area contributed by atoms with Gasteiger partial charge in [0.1, 0.15) is 6.54 Å². The fraction of sp³-hybridized carbons (Fsp3) is 0.444. The second-order valence-corrected chi connectivity index (χ2v) is 4.83. The van der Waals surface area contributed by atoms with Crippen LogP contribution in [-0.2, 0) is 16.7 Å². The molecule has 0 bridgehead atoms. The maximum absolute atomic E-state index is 10.4. The number of aromatic nitrogens is 1. The van der Waals surface area contributed by atoms with Gasteiger partial charge in [0.25, 0.3) is 10.1 Å². The van der Waals surface area contributed by atoms with E-state index in [2.05, 4.69) is 0 Å². The summed E-state index contributed by atoms with van der Waals surface area (Å²) < 4.78 is 31.3. The van der Waals surface area contributed by atoms with Gasteiger partial charge in [0.05, 0.1) is 5.75 Å². The highest BCUT2D eigenvalue weighted by Gasteiger charge is 2.06. The van der Waals surface area contributed by atoms with Gasteiger partial charge in [-0.2, -0.15) is 8.42 Å². The third-order valence-electron chi connectivity index (χ3n) is 1.82. The molecule has 0 aliphatic heterocycles. The van der Waals surface area contributed by atoms with Gasteiger partial charge >= 0.3 is 0 Å². The first-order valence-electron chi connectivity index (χ1n) is 4.38. The number of nitrogens with zero attached hydrogens (tertiary/aromatic N) is 1. The average Bonchev–Trinajstić information content (AvgIpc) is 2.01. The Hall–Kier alpha value is -0.940. The summed E-state index contributed by atoms with van der Waals surface area (Å²) in [7, 11) is -3.82. The Bertz CT molecular complexity index is 400. The lowest BCUT2D eigenvalue weighted by Crippen LogP contribution is -2.33. The molecule has 0 aliphatic carbocycles. The van der Waals surface area contributed by atoms with Crippen LogP contribution in [0, 0.1) is 6.92 Å². The van der Waals surface area contributed by atoms with Crippen LogP contribution < -0.4 is 4.57 Å². The molecule has 0 unspecified atom stereocenters. The highest BCUT2D eigenvalue weighted by molar-refractivity contribution is 7.85. The maximum Gasteiger partial charge on any atom is 0.265 e. The van der Waals surface area contributed by atoms with Gasteiger partial charge < -0.3 is 0 Å². The van der Waals surface area contributed by atoms with Gasteiger partial charge in [0.15, 0.2) is 12.4 Å². The molecular formula is C9H14NO3S+. The van der Waals surface area contributed by atoms with Crippen molar-refractivity contribution in [3.63, 3.8) is 0 Å². The van der Waals surface area contributed by atoms with Crippen LogP contribution >= 0.6 is 0 Å². The molecule has 5 heteroatoms. The first kappa shape index (κ1) is 11.1. The second-order valence-electron chi connectivity index (χ2n) is 3.26. The quantitative estimate of drug-likeness (QED) is 0.591. The molecule has 1 aromatic heterocycles. The fourth-order valence-corrected chi connectivity index (χ4v) is 1.72. The average molecular weight is 216 g/mol. The third-order valence-corrected chi connectivity index (χ3v) is 2.63. The summed E-state index contributed by atoms with van der Waals surface area (Å²) in [6.07, 6.45) is 4.23. The molecule has 0 aliphatic rings. The Morgan fingerprint density at radius 1 is 1.50 bits per heavy atom. The Balaban J connectivity index is 2.47. The molecular weight excluding hydrogens is 202 g/mol. The van der Waals surface area contributed by atoms with E-state index in [1.807, 2.05) is 36.0 Å². The number of hydrogen-bond acceptors (Lipinski definition) is 2. The lowest BCUT2D eigenvalue weighted by molar-refractivity contribution is -0.697. The molecule has 1 heterocycles. The zero-order valence-corrected chi connectivity index (χ0v) is 8.87. The Morgan fingerprint density at radius 2 is 2.21 bits per heavy atom. The van der Waals surface area contributed by atoms with Gasteiger partial charge in [-0.15, -0.1) is 0 Å². The van der Waals surface area contributed by atoms with Crippen LogP contribution in [-0.4, -0.2) is 18.7 Å². The van der Waals surface area contributed by atoms with E-state index in [4.69, 9.17) is 4.55 Å². The van der Waals surface area contributed by atoms with E-state index in [-0.39, 0.29) is 5.75 Å². The number of pyridine rings is 1. The molecule has 0 saturated carbocycles. The lowest BCUT2D eigenvalue weighted by atomic mass is 10.3. The van der Waals surface area contributed by atoms with Gasteiger partial charge in [0, 0.05) is 18.1 Å². The van der Waals surface area contributed by atoms with Crippen LogP contribution in [0.3, 0.4) is 0 Å². The smallest absolute Gasteiger partial charge is 0.265 e. The van der Waals surface area contributed by atoms with Crippen LogP contribution in [0.25, 0.3) is 0 Å². The van der Waals surface area contributed by atoms with Crippen molar-refractivity contribution >= 4 is 10.1 Å². The predicted octanol–water partition coefficient (Wildman–Crippen LogP) is 0.560. The van der Waals surface area contributed by atoms with Gasteiger partial charge in [-0.05, 0) is 13.0 Å². The zero-order valence-electron chi connectivity index (χ0n) is 8.05. The van der Waals surface area contributed by atoms with E-state index in [1.165, 1.54) is 0 Å². The van der Waals surface area contributed by atoms with E-state index in [0.29, 0.717) is 13.0 Å². The first-order valence-corrected chi connectivity index (χ1v) is 5.99. The Kier molecular flexibility index (Phi) is 3.60. The third kappa shape index (κ3) is 4.34. The SMILES string of the molecule is Cc1ccc[n+](CCCS(=O)(=O)O)c1. The minimum absolute atomic E-state index is 0.187. The summed E-state index contributed by atoms with van der Waals surface area (Å²) in [6, 6.07) is 3.88. The molecule has 0 saturated heterocycles. The van der Waals surface area contributed by atoms with Crippen LogP contribution in [0.5, 0.6) is 0 Å². The van der Waals surface area contributed by atoms with Crippen LogP contribution in [0.4, 0.5) is 0 Å². The predicted molar refractivity (Wildman–Crippen MR) is 52.4 cm³/mol. The molecule has 14 heavy (non-hydrogen) atoms. The topological polar surface area (TPSA) is 58.2 Å². The fourth-order valence-electron chi connectivity index (χ4n) is 1.22. The van der Waals surface area contributed by atoms with Gasteiger partial charge in [-0.1, -0.05) is 0 Å². The van der Waals surface area contributed by atoms with Crippen molar-refractivity contribution in [2.75, 3.05) is 5.75 Å². The summed E-state index contributed by atoms with van der Waals surface area (Å²) in [5.74, 6) is -0.187. The van der Waals surface area contributed by atoms with E-state index >= 15 is 0 Å². The summed E-state index contributed by atoms with van der Waals surface area (Å²) in [4.78, 5) is 0.